The van der Waals surface area contributed by atoms with Gasteiger partial charge in [0.15, 0.2) is 0 Å². The van der Waals surface area contributed by atoms with Crippen molar-refractivity contribution < 1.29 is 23.9 Å². The van der Waals surface area contributed by atoms with Gasteiger partial charge in [0.25, 0.3) is 0 Å². The minimum absolute atomic E-state index is 0.0682. The van der Waals surface area contributed by atoms with Crippen molar-refractivity contribution in [3.63, 3.8) is 0 Å². The molecule has 0 saturated heterocycles. The van der Waals surface area contributed by atoms with Crippen LogP contribution in [0.5, 0.6) is 0 Å². The quantitative estimate of drug-likeness (QED) is 0.0566. The zero-order chi connectivity index (χ0) is 61.0. The van der Waals surface area contributed by atoms with E-state index in [2.05, 4.69) is 115 Å². The molecule has 3 atom stereocenters. The Morgan fingerprint density at radius 1 is 0.534 bits per heavy atom. The SMILES string of the molecule is CC.CC(C)(C)OC(=O)N[C@H](Cc1ccc2ccccc2c1)c1ncc(-c2ccccc2)[nH]1.O=C(C[C@H](Cc1c[nH]c2ccccc12)C(=O)N[C@H](Cc1ccc2ccccc2c1)c1ncc(-c2ccccc2)[nH]1)OCC1c2ccccc2-c2ccccc21. The first-order valence-corrected chi connectivity index (χ1v) is 30.3. The van der Waals surface area contributed by atoms with Gasteiger partial charge in [-0.05, 0) is 111 Å². The molecule has 12 heteroatoms. The number of ether oxygens (including phenoxy) is 2. The molecular weight excluding hydrogens is 1090 g/mol. The van der Waals surface area contributed by atoms with Crippen LogP contribution < -0.4 is 10.6 Å². The summed E-state index contributed by atoms with van der Waals surface area (Å²) in [6.07, 6.45) is 6.46. The molecule has 13 rings (SSSR count). The van der Waals surface area contributed by atoms with Crippen molar-refractivity contribution in [3.05, 3.63) is 276 Å². The van der Waals surface area contributed by atoms with Crippen molar-refractivity contribution in [2.75, 3.05) is 6.61 Å². The second kappa shape index (κ2) is 27.4. The molecule has 442 valence electrons. The fraction of sp³-hybridized carbons (Fsp3) is 0.197. The molecule has 12 nitrogen and oxygen atoms in total. The van der Waals surface area contributed by atoms with Gasteiger partial charge in [0.2, 0.25) is 5.91 Å². The lowest BCUT2D eigenvalue weighted by atomic mass is 9.93. The Kier molecular flexibility index (Phi) is 18.5. The number of nitrogens with zero attached hydrogens (tertiary/aromatic N) is 2. The number of benzene rings is 9. The summed E-state index contributed by atoms with van der Waals surface area (Å²) in [6, 6.07) is 73.0. The van der Waals surface area contributed by atoms with E-state index >= 15 is 0 Å². The summed E-state index contributed by atoms with van der Waals surface area (Å²) in [4.78, 5) is 60.6. The fourth-order valence-corrected chi connectivity index (χ4v) is 11.6. The monoisotopic (exact) mass is 1160 g/mol. The van der Waals surface area contributed by atoms with Gasteiger partial charge in [0.05, 0.1) is 48.2 Å². The molecular formula is C76H73N7O5. The first-order valence-electron chi connectivity index (χ1n) is 30.3. The maximum Gasteiger partial charge on any atom is 0.408 e. The third-order valence-corrected chi connectivity index (χ3v) is 15.8. The average molecular weight is 1160 g/mol. The van der Waals surface area contributed by atoms with Gasteiger partial charge in [-0.1, -0.05) is 226 Å². The highest BCUT2D eigenvalue weighted by atomic mass is 16.6. The van der Waals surface area contributed by atoms with E-state index < -0.39 is 29.6 Å². The molecule has 2 amide bonds. The molecule has 0 radical (unpaired) electrons. The summed E-state index contributed by atoms with van der Waals surface area (Å²) < 4.78 is 11.6. The lowest BCUT2D eigenvalue weighted by Gasteiger charge is -2.23. The van der Waals surface area contributed by atoms with Crippen LogP contribution in [0.2, 0.25) is 0 Å². The summed E-state index contributed by atoms with van der Waals surface area (Å²) >= 11 is 0. The summed E-state index contributed by atoms with van der Waals surface area (Å²) in [7, 11) is 0. The zero-order valence-electron chi connectivity index (χ0n) is 50.3. The number of imidazole rings is 2. The van der Waals surface area contributed by atoms with Crippen molar-refractivity contribution >= 4 is 50.4 Å². The van der Waals surface area contributed by atoms with E-state index in [-0.39, 0.29) is 30.9 Å². The molecule has 0 unspecified atom stereocenters. The highest BCUT2D eigenvalue weighted by Gasteiger charge is 2.32. The van der Waals surface area contributed by atoms with E-state index in [1.54, 1.807) is 6.20 Å². The van der Waals surface area contributed by atoms with E-state index in [0.29, 0.717) is 30.9 Å². The number of alkyl carbamates (subject to hydrolysis) is 1. The Morgan fingerprint density at radius 3 is 1.56 bits per heavy atom. The van der Waals surface area contributed by atoms with E-state index in [1.807, 2.05) is 180 Å². The Balaban J connectivity index is 0.000000206. The lowest BCUT2D eigenvalue weighted by Crippen LogP contribution is -2.37. The smallest absolute Gasteiger partial charge is 0.408 e. The van der Waals surface area contributed by atoms with Crippen LogP contribution >= 0.6 is 0 Å². The van der Waals surface area contributed by atoms with Crippen molar-refractivity contribution in [1.29, 1.82) is 0 Å². The first kappa shape index (κ1) is 59.4. The average Bonchev–Trinajstić information content (AvgIpc) is 2.08. The number of para-hydroxylation sites is 1. The summed E-state index contributed by atoms with van der Waals surface area (Å²) in [5.41, 5.74) is 12.0. The third kappa shape index (κ3) is 14.3. The molecule has 3 heterocycles. The maximum absolute atomic E-state index is 14.6. The summed E-state index contributed by atoms with van der Waals surface area (Å²) in [6.45, 7) is 9.76. The van der Waals surface area contributed by atoms with Crippen LogP contribution in [0.25, 0.3) is 66.1 Å². The van der Waals surface area contributed by atoms with E-state index in [4.69, 9.17) is 14.5 Å². The number of rotatable bonds is 17. The van der Waals surface area contributed by atoms with Gasteiger partial charge >= 0.3 is 12.1 Å². The molecule has 0 aliphatic heterocycles. The summed E-state index contributed by atoms with van der Waals surface area (Å²) in [5.74, 6) is -0.0661. The number of aromatic amines is 3. The van der Waals surface area contributed by atoms with E-state index in [1.165, 1.54) is 21.9 Å². The van der Waals surface area contributed by atoms with Crippen LogP contribution in [-0.4, -0.2) is 55.1 Å². The molecule has 5 N–H and O–H groups in total. The highest BCUT2D eigenvalue weighted by molar-refractivity contribution is 5.88. The van der Waals surface area contributed by atoms with Gasteiger partial charge in [-0.3, -0.25) is 9.59 Å². The predicted octanol–water partition coefficient (Wildman–Crippen LogP) is 16.8. The number of aromatic nitrogens is 5. The third-order valence-electron chi connectivity index (χ3n) is 15.8. The van der Waals surface area contributed by atoms with Crippen LogP contribution in [0.4, 0.5) is 4.79 Å². The van der Waals surface area contributed by atoms with Gasteiger partial charge in [0.1, 0.15) is 23.9 Å². The molecule has 0 fully saturated rings. The van der Waals surface area contributed by atoms with Gasteiger partial charge < -0.3 is 35.1 Å². The van der Waals surface area contributed by atoms with Crippen LogP contribution in [0.1, 0.15) is 98.5 Å². The number of amides is 2. The number of hydrogen-bond donors (Lipinski definition) is 5. The van der Waals surface area contributed by atoms with Crippen LogP contribution in [0.3, 0.4) is 0 Å². The van der Waals surface area contributed by atoms with Gasteiger partial charge in [0, 0.05) is 29.4 Å². The van der Waals surface area contributed by atoms with Crippen LogP contribution in [0.15, 0.2) is 237 Å². The molecule has 1 aliphatic rings. The Labute approximate surface area is 513 Å². The molecule has 12 aromatic rings. The Bertz CT molecular complexity index is 4290. The second-order valence-electron chi connectivity index (χ2n) is 23.0. The lowest BCUT2D eigenvalue weighted by molar-refractivity contribution is -0.147. The maximum atomic E-state index is 14.6. The molecule has 0 saturated carbocycles. The highest BCUT2D eigenvalue weighted by Crippen LogP contribution is 2.45. The number of esters is 1. The van der Waals surface area contributed by atoms with E-state index in [0.717, 1.165) is 72.0 Å². The topological polar surface area (TPSA) is 167 Å². The van der Waals surface area contributed by atoms with Crippen LogP contribution in [0, 0.1) is 5.92 Å². The fourth-order valence-electron chi connectivity index (χ4n) is 11.6. The molecule has 1 aliphatic carbocycles. The predicted molar refractivity (Wildman–Crippen MR) is 352 cm³/mol. The van der Waals surface area contributed by atoms with Crippen molar-refractivity contribution in [2.24, 2.45) is 5.92 Å². The molecule has 88 heavy (non-hydrogen) atoms. The minimum Gasteiger partial charge on any atom is -0.465 e. The van der Waals surface area contributed by atoms with Crippen molar-refractivity contribution in [1.82, 2.24) is 35.6 Å². The number of hydrogen-bond acceptors (Lipinski definition) is 7. The van der Waals surface area contributed by atoms with Crippen molar-refractivity contribution in [3.8, 4) is 33.6 Å². The molecule has 9 aromatic carbocycles. The van der Waals surface area contributed by atoms with Gasteiger partial charge in [-0.15, -0.1) is 0 Å². The van der Waals surface area contributed by atoms with Crippen molar-refractivity contribution in [2.45, 2.75) is 83.9 Å². The molecule has 0 bridgehead atoms. The summed E-state index contributed by atoms with van der Waals surface area (Å²) in [5, 5.41) is 12.0. The number of H-pyrrole nitrogens is 3. The van der Waals surface area contributed by atoms with Gasteiger partial charge in [-0.2, -0.15) is 0 Å². The first-order chi connectivity index (χ1) is 42.9. The number of nitrogens with one attached hydrogen (secondary N) is 5. The number of carbonyl (C=O) groups is 3. The Morgan fingerprint density at radius 2 is 1.01 bits per heavy atom. The zero-order valence-corrected chi connectivity index (χ0v) is 50.3. The minimum atomic E-state index is -0.697. The number of fused-ring (bicyclic) bond motifs is 6. The second-order valence-corrected chi connectivity index (χ2v) is 23.0. The largest absolute Gasteiger partial charge is 0.465 e. The number of carbonyl (C=O) groups excluding carboxylic acids is 3. The van der Waals surface area contributed by atoms with Gasteiger partial charge in [-0.25, -0.2) is 14.8 Å². The molecule has 3 aromatic heterocycles. The normalized spacial score (nSPS) is 12.8. The standard InChI is InChI=1S/C48H40N4O3.C26H27N3O2.C2H6/c53-46(55-30-42-40-19-8-6-17-38(40)39-18-7-9-20-41(39)42)27-35(26-36-28-49-43-21-11-10-16-37(36)43)48(54)52-44(25-31-22-23-32-12-4-5-15-34(32)24-31)47-50-29-45(51-47)33-13-2-1-3-14-33;1-26(2,3)31-25(30)29-22(16-18-13-14-19-9-7-8-12-21(19)15-18)24-27-17-23(28-24)20-10-5-4-6-11-20;1-2/h1-24,28-29,35,42,44,49H,25-27,30H2,(H,50,51)(H,52,54);4-15,17,22H,16H2,1-3H3,(H,27,28)(H,29,30);1-2H3/t35-,44+;22-;/m01./s1. The van der Waals surface area contributed by atoms with Crippen LogP contribution in [-0.2, 0) is 38.3 Å². The molecule has 0 spiro atoms. The van der Waals surface area contributed by atoms with E-state index in [9.17, 15) is 14.4 Å². The Hall–Kier alpha value is -10.3.